The van der Waals surface area contributed by atoms with Crippen molar-refractivity contribution in [2.75, 3.05) is 13.2 Å². The Bertz CT molecular complexity index is 1100. The van der Waals surface area contributed by atoms with Crippen LogP contribution in [0.3, 0.4) is 0 Å². The number of carboxylic acids is 1. The van der Waals surface area contributed by atoms with Gasteiger partial charge in [-0.15, -0.1) is 0 Å². The highest BCUT2D eigenvalue weighted by atomic mass is 16.5. The number of allylic oxidation sites excluding steroid dienone is 2. The van der Waals surface area contributed by atoms with Gasteiger partial charge in [-0.25, -0.2) is 9.78 Å². The van der Waals surface area contributed by atoms with E-state index in [-0.39, 0.29) is 6.61 Å². The first kappa shape index (κ1) is 21.9. The Labute approximate surface area is 181 Å². The Morgan fingerprint density at radius 1 is 1.00 bits per heavy atom. The third kappa shape index (κ3) is 6.89. The molecule has 0 saturated heterocycles. The lowest BCUT2D eigenvalue weighted by Gasteiger charge is -2.11. The van der Waals surface area contributed by atoms with Crippen molar-refractivity contribution in [3.05, 3.63) is 89.8 Å². The summed E-state index contributed by atoms with van der Waals surface area (Å²) in [4.78, 5) is 15.3. The predicted molar refractivity (Wildman–Crippen MR) is 119 cm³/mol. The van der Waals surface area contributed by atoms with Crippen LogP contribution in [0.4, 0.5) is 0 Å². The predicted octanol–water partition coefficient (Wildman–Crippen LogP) is 5.14. The molecular formula is C25H25NO5. The average Bonchev–Trinajstić information content (AvgIpc) is 2.79. The largest absolute Gasteiger partial charge is 0.489 e. The highest BCUT2D eigenvalue weighted by Gasteiger charge is 2.04. The van der Waals surface area contributed by atoms with E-state index >= 15 is 0 Å². The minimum Gasteiger partial charge on any atom is -0.489 e. The maximum atomic E-state index is 10.6. The number of aliphatic carboxylic acids is 1. The molecule has 6 heteroatoms. The second-order valence-electron chi connectivity index (χ2n) is 6.91. The van der Waals surface area contributed by atoms with Crippen LogP contribution >= 0.6 is 0 Å². The summed E-state index contributed by atoms with van der Waals surface area (Å²) in [7, 11) is 0. The van der Waals surface area contributed by atoms with Crippen molar-refractivity contribution in [2.24, 2.45) is 0 Å². The fourth-order valence-electron chi connectivity index (χ4n) is 2.83. The van der Waals surface area contributed by atoms with Gasteiger partial charge in [0, 0.05) is 11.5 Å². The molecule has 0 spiro atoms. The number of carbonyl (C=O) groups is 1. The van der Waals surface area contributed by atoms with Crippen molar-refractivity contribution >= 4 is 16.9 Å². The Morgan fingerprint density at radius 2 is 1.77 bits per heavy atom. The number of nitrogens with zero attached hydrogens (tertiary/aromatic N) is 1. The molecule has 160 valence electrons. The van der Waals surface area contributed by atoms with Crippen LogP contribution in [0.1, 0.15) is 19.5 Å². The summed E-state index contributed by atoms with van der Waals surface area (Å²) in [5.74, 6) is 0.832. The molecule has 0 unspecified atom stereocenters. The maximum absolute atomic E-state index is 10.6. The Balaban J connectivity index is 1.55. The number of benzene rings is 2. The molecule has 0 atom stereocenters. The smallest absolute Gasteiger partial charge is 0.341 e. The third-order valence-electron chi connectivity index (χ3n) is 4.35. The molecule has 0 fully saturated rings. The summed E-state index contributed by atoms with van der Waals surface area (Å²) in [6.45, 7) is 3.99. The first-order valence-corrected chi connectivity index (χ1v) is 9.92. The normalized spacial score (nSPS) is 11.9. The summed E-state index contributed by atoms with van der Waals surface area (Å²) >= 11 is 0. The zero-order valence-corrected chi connectivity index (χ0v) is 17.6. The van der Waals surface area contributed by atoms with Gasteiger partial charge in [0.2, 0.25) is 0 Å². The molecule has 1 N–H and O–H groups in total. The number of carboxylic acid groups (broad SMARTS) is 1. The van der Waals surface area contributed by atoms with Gasteiger partial charge in [-0.2, -0.15) is 0 Å². The van der Waals surface area contributed by atoms with Crippen LogP contribution < -0.4 is 9.47 Å². The van der Waals surface area contributed by atoms with Crippen LogP contribution in [0.5, 0.6) is 11.5 Å². The van der Waals surface area contributed by atoms with E-state index in [4.69, 9.17) is 19.3 Å². The van der Waals surface area contributed by atoms with Crippen LogP contribution in [-0.2, 0) is 16.1 Å². The summed E-state index contributed by atoms with van der Waals surface area (Å²) in [5.41, 5.74) is 2.69. The first-order valence-electron chi connectivity index (χ1n) is 9.92. The van der Waals surface area contributed by atoms with Crippen molar-refractivity contribution in [3.63, 3.8) is 0 Å². The van der Waals surface area contributed by atoms with Crippen LogP contribution in [0, 0.1) is 0 Å². The minimum atomic E-state index is -1.02. The molecular weight excluding hydrogens is 394 g/mol. The second-order valence-corrected chi connectivity index (χ2v) is 6.91. The van der Waals surface area contributed by atoms with E-state index in [1.54, 1.807) is 19.1 Å². The van der Waals surface area contributed by atoms with Gasteiger partial charge in [-0.1, -0.05) is 30.3 Å². The number of aromatic nitrogens is 1. The fraction of sp³-hybridized carbons (Fsp3) is 0.200. The van der Waals surface area contributed by atoms with Crippen molar-refractivity contribution in [2.45, 2.75) is 20.5 Å². The summed E-state index contributed by atoms with van der Waals surface area (Å²) in [6, 6.07) is 19.4. The molecule has 0 aliphatic rings. The average molecular weight is 419 g/mol. The quantitative estimate of drug-likeness (QED) is 0.362. The lowest BCUT2D eigenvalue weighted by Crippen LogP contribution is -2.06. The molecule has 1 aromatic heterocycles. The van der Waals surface area contributed by atoms with Crippen molar-refractivity contribution in [1.82, 2.24) is 4.98 Å². The zero-order chi connectivity index (χ0) is 22.1. The topological polar surface area (TPSA) is 77.9 Å². The fourth-order valence-corrected chi connectivity index (χ4v) is 2.83. The summed E-state index contributed by atoms with van der Waals surface area (Å²) in [6.07, 6.45) is 3.47. The van der Waals surface area contributed by atoms with E-state index in [1.165, 1.54) is 0 Å². The maximum Gasteiger partial charge on any atom is 0.341 e. The number of para-hydroxylation sites is 1. The molecule has 6 nitrogen and oxygen atoms in total. The Hall–Kier alpha value is -3.80. The van der Waals surface area contributed by atoms with Crippen LogP contribution in [0.25, 0.3) is 10.9 Å². The molecule has 0 aliphatic carbocycles. The molecule has 0 amide bonds. The molecule has 0 aliphatic heterocycles. The van der Waals surface area contributed by atoms with Crippen LogP contribution in [-0.4, -0.2) is 29.3 Å². The van der Waals surface area contributed by atoms with Gasteiger partial charge in [-0.05, 0) is 55.8 Å². The lowest BCUT2D eigenvalue weighted by molar-refractivity contribution is -0.140. The van der Waals surface area contributed by atoms with Crippen molar-refractivity contribution in [3.8, 4) is 11.5 Å². The van der Waals surface area contributed by atoms with Crippen LogP contribution in [0.2, 0.25) is 0 Å². The number of rotatable bonds is 10. The second kappa shape index (κ2) is 10.8. The molecule has 3 rings (SSSR count). The number of fused-ring (bicyclic) bond motifs is 1. The monoisotopic (exact) mass is 419 g/mol. The van der Waals surface area contributed by atoms with Gasteiger partial charge in [-0.3, -0.25) is 0 Å². The highest BCUT2D eigenvalue weighted by molar-refractivity contribution is 5.78. The number of hydrogen-bond donors (Lipinski definition) is 1. The van der Waals surface area contributed by atoms with Crippen molar-refractivity contribution in [1.29, 1.82) is 0 Å². The molecule has 2 aromatic carbocycles. The van der Waals surface area contributed by atoms with E-state index in [0.717, 1.165) is 22.2 Å². The van der Waals surface area contributed by atoms with Crippen molar-refractivity contribution < 1.29 is 24.1 Å². The first-order chi connectivity index (χ1) is 15.0. The molecule has 1 heterocycles. The van der Waals surface area contributed by atoms with Crippen LogP contribution in [0.15, 0.2) is 84.1 Å². The summed E-state index contributed by atoms with van der Waals surface area (Å²) < 4.78 is 16.9. The number of hydrogen-bond acceptors (Lipinski definition) is 5. The molecule has 31 heavy (non-hydrogen) atoms. The van der Waals surface area contributed by atoms with Gasteiger partial charge < -0.3 is 19.3 Å². The lowest BCUT2D eigenvalue weighted by atomic mass is 10.2. The van der Waals surface area contributed by atoms with Gasteiger partial charge in [0.25, 0.3) is 0 Å². The SMILES string of the molecule is C/C=C(\C=C(/C)COc1cccc(OCc2ccc3ccccc3n2)c1)OCC(=O)O. The van der Waals surface area contributed by atoms with E-state index < -0.39 is 5.97 Å². The standard InChI is InChI=1S/C25H25NO5/c1-3-21(31-17-25(27)28)13-18(2)15-29-22-8-6-9-23(14-22)30-16-20-12-11-19-7-4-5-10-24(19)26-20/h3-14H,15-17H2,1-2H3,(H,27,28)/b18-13+,21-3+. The third-order valence-corrected chi connectivity index (χ3v) is 4.35. The molecule has 0 radical (unpaired) electrons. The molecule has 3 aromatic rings. The minimum absolute atomic E-state index is 0.337. The Kier molecular flexibility index (Phi) is 7.65. The van der Waals surface area contributed by atoms with E-state index in [0.29, 0.717) is 30.5 Å². The highest BCUT2D eigenvalue weighted by Crippen LogP contribution is 2.21. The number of ether oxygens (including phenoxy) is 3. The van der Waals surface area contributed by atoms with Gasteiger partial charge in [0.1, 0.15) is 30.5 Å². The van der Waals surface area contributed by atoms with Gasteiger partial charge >= 0.3 is 5.97 Å². The van der Waals surface area contributed by atoms with Gasteiger partial charge in [0.15, 0.2) is 6.61 Å². The van der Waals surface area contributed by atoms with Gasteiger partial charge in [0.05, 0.1) is 11.2 Å². The zero-order valence-electron chi connectivity index (χ0n) is 17.6. The van der Waals surface area contributed by atoms with E-state index in [9.17, 15) is 4.79 Å². The summed E-state index contributed by atoms with van der Waals surface area (Å²) in [5, 5.41) is 9.82. The Morgan fingerprint density at radius 3 is 2.55 bits per heavy atom. The van der Waals surface area contributed by atoms with E-state index in [2.05, 4.69) is 4.98 Å². The number of pyridine rings is 1. The molecule has 0 saturated carbocycles. The van der Waals surface area contributed by atoms with E-state index in [1.807, 2.05) is 67.6 Å². The molecule has 0 bridgehead atoms.